The van der Waals surface area contributed by atoms with Crippen molar-refractivity contribution in [1.29, 1.82) is 5.26 Å². The summed E-state index contributed by atoms with van der Waals surface area (Å²) in [6.07, 6.45) is 4.23. The van der Waals surface area contributed by atoms with Gasteiger partial charge in [0.1, 0.15) is 5.54 Å². The summed E-state index contributed by atoms with van der Waals surface area (Å²) in [5, 5.41) is 12.7. The average Bonchev–Trinajstić information content (AvgIpc) is 2.26. The first-order valence-electron chi connectivity index (χ1n) is 6.37. The Balaban J connectivity index is 3.98. The van der Waals surface area contributed by atoms with Crippen molar-refractivity contribution in [2.24, 2.45) is 0 Å². The van der Waals surface area contributed by atoms with Crippen molar-refractivity contribution in [3.8, 4) is 6.07 Å². The molecule has 0 saturated heterocycles. The number of nitrogens with one attached hydrogen (secondary N) is 1. The molecule has 1 atom stereocenters. The molecule has 0 aromatic carbocycles. The molecule has 2 nitrogen and oxygen atoms in total. The van der Waals surface area contributed by atoms with Gasteiger partial charge in [-0.1, -0.05) is 13.8 Å². The van der Waals surface area contributed by atoms with Gasteiger partial charge in [-0.05, 0) is 51.0 Å². The van der Waals surface area contributed by atoms with Crippen LogP contribution < -0.4 is 5.32 Å². The maximum absolute atomic E-state index is 9.31. The van der Waals surface area contributed by atoms with Gasteiger partial charge >= 0.3 is 0 Å². The second-order valence-electron chi connectivity index (χ2n) is 4.56. The van der Waals surface area contributed by atoms with Crippen molar-refractivity contribution in [1.82, 2.24) is 5.32 Å². The quantitative estimate of drug-likeness (QED) is 0.628. The molecule has 16 heavy (non-hydrogen) atoms. The Labute approximate surface area is 105 Å². The first-order chi connectivity index (χ1) is 7.60. The van der Waals surface area contributed by atoms with Gasteiger partial charge in [-0.15, -0.1) is 0 Å². The van der Waals surface area contributed by atoms with Gasteiger partial charge in [0.25, 0.3) is 0 Å². The van der Waals surface area contributed by atoms with E-state index in [-0.39, 0.29) is 5.54 Å². The Hall–Kier alpha value is -0.200. The topological polar surface area (TPSA) is 35.8 Å². The summed E-state index contributed by atoms with van der Waals surface area (Å²) in [7, 11) is 0. The van der Waals surface area contributed by atoms with Crippen molar-refractivity contribution in [2.75, 3.05) is 11.5 Å². The summed E-state index contributed by atoms with van der Waals surface area (Å²) in [6.45, 7) is 8.51. The van der Waals surface area contributed by atoms with E-state index >= 15 is 0 Å². The van der Waals surface area contributed by atoms with Crippen LogP contribution in [0, 0.1) is 11.3 Å². The third-order valence-electron chi connectivity index (χ3n) is 2.62. The van der Waals surface area contributed by atoms with Gasteiger partial charge in [-0.2, -0.15) is 17.0 Å². The highest BCUT2D eigenvalue weighted by Crippen LogP contribution is 2.19. The normalized spacial score (nSPS) is 14.8. The molecule has 1 unspecified atom stereocenters. The molecule has 0 radical (unpaired) electrons. The zero-order chi connectivity index (χ0) is 12.4. The average molecular weight is 242 g/mol. The van der Waals surface area contributed by atoms with Gasteiger partial charge in [0, 0.05) is 6.04 Å². The van der Waals surface area contributed by atoms with Crippen LogP contribution in [0.3, 0.4) is 0 Å². The third-order valence-corrected chi connectivity index (χ3v) is 3.90. The van der Waals surface area contributed by atoms with Crippen molar-refractivity contribution >= 4 is 11.8 Å². The lowest BCUT2D eigenvalue weighted by Gasteiger charge is -2.29. The molecule has 0 aliphatic heterocycles. The zero-order valence-corrected chi connectivity index (χ0v) is 12.0. The Morgan fingerprint density at radius 2 is 2.00 bits per heavy atom. The lowest BCUT2D eigenvalue weighted by molar-refractivity contribution is 0.341. The summed E-state index contributed by atoms with van der Waals surface area (Å²) in [6, 6.07) is 2.84. The van der Waals surface area contributed by atoms with Gasteiger partial charge < -0.3 is 0 Å². The van der Waals surface area contributed by atoms with Crippen LogP contribution in [0.5, 0.6) is 0 Å². The number of nitriles is 1. The summed E-state index contributed by atoms with van der Waals surface area (Å²) in [4.78, 5) is 0. The van der Waals surface area contributed by atoms with E-state index < -0.39 is 0 Å². The molecule has 0 rings (SSSR count). The lowest BCUT2D eigenvalue weighted by Crippen LogP contribution is -2.47. The predicted molar refractivity (Wildman–Crippen MR) is 73.8 cm³/mol. The van der Waals surface area contributed by atoms with E-state index in [4.69, 9.17) is 0 Å². The van der Waals surface area contributed by atoms with Crippen LogP contribution in [0.2, 0.25) is 0 Å². The van der Waals surface area contributed by atoms with E-state index in [1.54, 1.807) is 0 Å². The number of hydrogen-bond acceptors (Lipinski definition) is 3. The first-order valence-corrected chi connectivity index (χ1v) is 7.52. The molecule has 0 saturated carbocycles. The standard InChI is InChI=1S/C13H26N2S/c1-5-9-16-10-7-8-13(6-2,11-14)15-12(3)4/h12,15H,5-10H2,1-4H3. The maximum Gasteiger partial charge on any atom is 0.106 e. The third kappa shape index (κ3) is 6.40. The monoisotopic (exact) mass is 242 g/mol. The molecule has 0 amide bonds. The number of hydrogen-bond donors (Lipinski definition) is 1. The van der Waals surface area contributed by atoms with Crippen molar-refractivity contribution in [3.63, 3.8) is 0 Å². The molecule has 0 aromatic rings. The zero-order valence-electron chi connectivity index (χ0n) is 11.2. The van der Waals surface area contributed by atoms with E-state index in [0.29, 0.717) is 6.04 Å². The summed E-state index contributed by atoms with van der Waals surface area (Å²) < 4.78 is 0. The van der Waals surface area contributed by atoms with Crippen molar-refractivity contribution in [3.05, 3.63) is 0 Å². The van der Waals surface area contributed by atoms with E-state index in [1.165, 1.54) is 17.9 Å². The molecular formula is C13H26N2S. The number of thioether (sulfide) groups is 1. The van der Waals surface area contributed by atoms with Crippen LogP contribution in [0.1, 0.15) is 53.4 Å². The molecule has 0 heterocycles. The summed E-state index contributed by atoms with van der Waals surface area (Å²) >= 11 is 2.00. The van der Waals surface area contributed by atoms with Gasteiger partial charge in [0.2, 0.25) is 0 Å². The fraction of sp³-hybridized carbons (Fsp3) is 0.923. The fourth-order valence-corrected chi connectivity index (χ4v) is 2.63. The van der Waals surface area contributed by atoms with Crippen molar-refractivity contribution < 1.29 is 0 Å². The Morgan fingerprint density at radius 3 is 2.44 bits per heavy atom. The highest BCUT2D eigenvalue weighted by atomic mass is 32.2. The van der Waals surface area contributed by atoms with Crippen LogP contribution in [0.15, 0.2) is 0 Å². The summed E-state index contributed by atoms with van der Waals surface area (Å²) in [5.74, 6) is 2.42. The largest absolute Gasteiger partial charge is 0.297 e. The molecular weight excluding hydrogens is 216 g/mol. The van der Waals surface area contributed by atoms with E-state index in [9.17, 15) is 5.26 Å². The molecule has 0 aliphatic carbocycles. The summed E-state index contributed by atoms with van der Waals surface area (Å²) in [5.41, 5.74) is -0.305. The first kappa shape index (κ1) is 15.8. The smallest absolute Gasteiger partial charge is 0.106 e. The molecule has 0 fully saturated rings. The Kier molecular flexibility index (Phi) is 8.78. The SMILES string of the molecule is CCCSCCCC(C#N)(CC)NC(C)C. The minimum absolute atomic E-state index is 0.305. The fourth-order valence-electron chi connectivity index (χ4n) is 1.79. The van der Waals surface area contributed by atoms with Crippen LogP contribution in [-0.2, 0) is 0 Å². The number of rotatable bonds is 9. The molecule has 0 aliphatic rings. The highest BCUT2D eigenvalue weighted by Gasteiger charge is 2.27. The highest BCUT2D eigenvalue weighted by molar-refractivity contribution is 7.99. The van der Waals surface area contributed by atoms with Gasteiger partial charge in [0.05, 0.1) is 6.07 Å². The van der Waals surface area contributed by atoms with E-state index in [1.807, 2.05) is 11.8 Å². The van der Waals surface area contributed by atoms with E-state index in [2.05, 4.69) is 39.1 Å². The predicted octanol–water partition coefficient (Wildman–Crippen LogP) is 3.58. The minimum Gasteiger partial charge on any atom is -0.297 e. The molecule has 3 heteroatoms. The van der Waals surface area contributed by atoms with Crippen LogP contribution in [-0.4, -0.2) is 23.1 Å². The van der Waals surface area contributed by atoms with Gasteiger partial charge in [-0.3, -0.25) is 5.32 Å². The van der Waals surface area contributed by atoms with Crippen LogP contribution in [0.25, 0.3) is 0 Å². The lowest BCUT2D eigenvalue weighted by atomic mass is 9.91. The number of nitrogens with zero attached hydrogens (tertiary/aromatic N) is 1. The maximum atomic E-state index is 9.31. The molecule has 0 spiro atoms. The minimum atomic E-state index is -0.305. The molecule has 0 aromatic heterocycles. The Morgan fingerprint density at radius 1 is 1.31 bits per heavy atom. The second kappa shape index (κ2) is 8.90. The molecule has 0 bridgehead atoms. The Bertz CT molecular complexity index is 210. The van der Waals surface area contributed by atoms with Gasteiger partial charge in [0.15, 0.2) is 0 Å². The molecule has 94 valence electrons. The van der Waals surface area contributed by atoms with Crippen molar-refractivity contribution in [2.45, 2.75) is 65.0 Å². The van der Waals surface area contributed by atoms with E-state index in [0.717, 1.165) is 19.3 Å². The molecule has 1 N–H and O–H groups in total. The second-order valence-corrected chi connectivity index (χ2v) is 5.79. The van der Waals surface area contributed by atoms with Crippen LogP contribution in [0.4, 0.5) is 0 Å². The van der Waals surface area contributed by atoms with Gasteiger partial charge in [-0.25, -0.2) is 0 Å². The van der Waals surface area contributed by atoms with Crippen LogP contribution >= 0.6 is 11.8 Å².